The topological polar surface area (TPSA) is 122 Å². The summed E-state index contributed by atoms with van der Waals surface area (Å²) in [7, 11) is 0. The van der Waals surface area contributed by atoms with Crippen LogP contribution in [0.2, 0.25) is 0 Å². The van der Waals surface area contributed by atoms with E-state index >= 15 is 0 Å². The molecule has 2 aromatic carbocycles. The lowest BCUT2D eigenvalue weighted by molar-refractivity contribution is -0.112. The summed E-state index contributed by atoms with van der Waals surface area (Å²) in [6, 6.07) is 14.3. The van der Waals surface area contributed by atoms with Gasteiger partial charge < -0.3 is 20.8 Å². The largest absolute Gasteiger partial charge is 0.508 e. The highest BCUT2D eigenvalue weighted by Gasteiger charge is 2.10. The second-order valence-electron chi connectivity index (χ2n) is 5.38. The van der Waals surface area contributed by atoms with Crippen molar-refractivity contribution in [1.29, 1.82) is 5.26 Å². The maximum atomic E-state index is 12.1. The Balaban J connectivity index is 1.92. The lowest BCUT2D eigenvalue weighted by atomic mass is 10.1. The van der Waals surface area contributed by atoms with E-state index in [2.05, 4.69) is 10.6 Å². The van der Waals surface area contributed by atoms with Gasteiger partial charge in [0.25, 0.3) is 5.91 Å². The quantitative estimate of drug-likeness (QED) is 0.345. The third-order valence-corrected chi connectivity index (χ3v) is 3.47. The van der Waals surface area contributed by atoms with Crippen LogP contribution in [-0.2, 0) is 11.2 Å². The number of phenolic OH excluding ortho intramolecular Hbond substituents is 1. The highest BCUT2D eigenvalue weighted by molar-refractivity contribution is 6.06. The van der Waals surface area contributed by atoms with Crippen LogP contribution in [0.15, 0.2) is 60.3 Å². The minimum absolute atomic E-state index is 0.0392. The van der Waals surface area contributed by atoms with Crippen LogP contribution >= 0.6 is 0 Å². The molecular weight excluding hydrogens is 334 g/mol. The Morgan fingerprint density at radius 2 is 1.88 bits per heavy atom. The van der Waals surface area contributed by atoms with Crippen LogP contribution in [-0.4, -0.2) is 28.6 Å². The highest BCUT2D eigenvalue weighted by Crippen LogP contribution is 2.12. The van der Waals surface area contributed by atoms with Crippen molar-refractivity contribution in [2.45, 2.75) is 6.42 Å². The number of aromatic carboxylic acids is 1. The molecule has 132 valence electrons. The molecule has 0 atom stereocenters. The highest BCUT2D eigenvalue weighted by atomic mass is 16.4. The number of carbonyl (C=O) groups is 2. The summed E-state index contributed by atoms with van der Waals surface area (Å²) in [5.74, 6) is -1.54. The molecule has 0 aromatic heterocycles. The number of nitriles is 1. The summed E-state index contributed by atoms with van der Waals surface area (Å²) in [6.45, 7) is 0.498. The van der Waals surface area contributed by atoms with E-state index in [9.17, 15) is 14.7 Å². The smallest absolute Gasteiger partial charge is 0.335 e. The molecule has 0 heterocycles. The maximum absolute atomic E-state index is 12.1. The number of carbonyl (C=O) groups excluding carboxylic acids is 1. The van der Waals surface area contributed by atoms with Crippen LogP contribution in [0.5, 0.6) is 5.75 Å². The predicted molar refractivity (Wildman–Crippen MR) is 95.5 cm³/mol. The SMILES string of the molecule is N#C/C(=C/NCCc1ccc(O)cc1)C(=O)Nc1cccc(C(=O)O)c1. The fourth-order valence-corrected chi connectivity index (χ4v) is 2.13. The molecule has 7 heteroatoms. The summed E-state index contributed by atoms with van der Waals surface area (Å²) in [6.07, 6.45) is 1.97. The van der Waals surface area contributed by atoms with Gasteiger partial charge >= 0.3 is 5.97 Å². The average molecular weight is 351 g/mol. The van der Waals surface area contributed by atoms with E-state index in [1.807, 2.05) is 0 Å². The van der Waals surface area contributed by atoms with Crippen molar-refractivity contribution in [3.63, 3.8) is 0 Å². The summed E-state index contributed by atoms with van der Waals surface area (Å²) in [4.78, 5) is 23.0. The Labute approximate surface area is 150 Å². The number of rotatable bonds is 7. The molecule has 0 aliphatic carbocycles. The van der Waals surface area contributed by atoms with Gasteiger partial charge in [0.1, 0.15) is 17.4 Å². The molecule has 0 aliphatic rings. The minimum Gasteiger partial charge on any atom is -0.508 e. The number of carboxylic acids is 1. The lowest BCUT2D eigenvalue weighted by Gasteiger charge is -2.06. The number of nitrogens with zero attached hydrogens (tertiary/aromatic N) is 1. The van der Waals surface area contributed by atoms with E-state index in [0.717, 1.165) is 5.56 Å². The summed E-state index contributed by atoms with van der Waals surface area (Å²) >= 11 is 0. The molecule has 4 N–H and O–H groups in total. The van der Waals surface area contributed by atoms with Crippen molar-refractivity contribution in [3.05, 3.63) is 71.4 Å². The van der Waals surface area contributed by atoms with Gasteiger partial charge in [0, 0.05) is 18.4 Å². The molecule has 0 saturated heterocycles. The predicted octanol–water partition coefficient (Wildman–Crippen LogP) is 2.27. The number of anilines is 1. The zero-order chi connectivity index (χ0) is 18.9. The minimum atomic E-state index is -1.10. The van der Waals surface area contributed by atoms with Gasteiger partial charge in [0.05, 0.1) is 5.56 Å². The van der Waals surface area contributed by atoms with E-state index in [0.29, 0.717) is 18.7 Å². The van der Waals surface area contributed by atoms with Gasteiger partial charge in [0.15, 0.2) is 0 Å². The van der Waals surface area contributed by atoms with E-state index in [-0.39, 0.29) is 16.9 Å². The zero-order valence-electron chi connectivity index (χ0n) is 13.8. The van der Waals surface area contributed by atoms with Crippen LogP contribution in [0.1, 0.15) is 15.9 Å². The summed E-state index contributed by atoms with van der Waals surface area (Å²) in [5.41, 5.74) is 1.20. The van der Waals surface area contributed by atoms with Gasteiger partial charge in [-0.25, -0.2) is 4.79 Å². The number of hydrogen-bond acceptors (Lipinski definition) is 5. The molecule has 0 fully saturated rings. The average Bonchev–Trinajstić information content (AvgIpc) is 2.63. The van der Waals surface area contributed by atoms with Crippen molar-refractivity contribution < 1.29 is 19.8 Å². The molecule has 0 saturated carbocycles. The normalized spacial score (nSPS) is 10.7. The number of carboxylic acid groups (broad SMARTS) is 1. The molecule has 2 rings (SSSR count). The van der Waals surface area contributed by atoms with E-state index in [1.54, 1.807) is 30.3 Å². The number of hydrogen-bond donors (Lipinski definition) is 4. The van der Waals surface area contributed by atoms with Crippen LogP contribution in [0.4, 0.5) is 5.69 Å². The molecule has 0 spiro atoms. The fraction of sp³-hybridized carbons (Fsp3) is 0.105. The maximum Gasteiger partial charge on any atom is 0.335 e. The second kappa shape index (κ2) is 8.89. The van der Waals surface area contributed by atoms with E-state index in [4.69, 9.17) is 10.4 Å². The molecular formula is C19H17N3O4. The molecule has 0 unspecified atom stereocenters. The standard InChI is InChI=1S/C19H17N3O4/c20-11-15(12-21-9-8-13-4-6-17(23)7-5-13)18(24)22-16-3-1-2-14(10-16)19(25)26/h1-7,10,12,21,23H,8-9H2,(H,22,24)(H,25,26)/b15-12-. The van der Waals surface area contributed by atoms with Crippen molar-refractivity contribution in [2.75, 3.05) is 11.9 Å². The van der Waals surface area contributed by atoms with Crippen LogP contribution in [0.3, 0.4) is 0 Å². The van der Waals surface area contributed by atoms with Gasteiger partial charge in [-0.15, -0.1) is 0 Å². The Morgan fingerprint density at radius 3 is 2.54 bits per heavy atom. The number of amides is 1. The number of benzene rings is 2. The van der Waals surface area contributed by atoms with Gasteiger partial charge in [-0.3, -0.25) is 4.79 Å². The third-order valence-electron chi connectivity index (χ3n) is 3.47. The summed E-state index contributed by atoms with van der Waals surface area (Å²) < 4.78 is 0. The molecule has 2 aromatic rings. The number of aromatic hydroxyl groups is 1. The van der Waals surface area contributed by atoms with Crippen molar-refractivity contribution >= 4 is 17.6 Å². The molecule has 26 heavy (non-hydrogen) atoms. The van der Waals surface area contributed by atoms with Crippen molar-refractivity contribution in [1.82, 2.24) is 5.32 Å². The monoisotopic (exact) mass is 351 g/mol. The Morgan fingerprint density at radius 1 is 1.15 bits per heavy atom. The van der Waals surface area contributed by atoms with Crippen molar-refractivity contribution in [2.24, 2.45) is 0 Å². The van der Waals surface area contributed by atoms with Gasteiger partial charge in [-0.1, -0.05) is 18.2 Å². The first kappa shape index (κ1) is 18.5. The van der Waals surface area contributed by atoms with Gasteiger partial charge in [-0.2, -0.15) is 5.26 Å². The molecule has 0 bridgehead atoms. The van der Waals surface area contributed by atoms with Crippen LogP contribution in [0.25, 0.3) is 0 Å². The van der Waals surface area contributed by atoms with E-state index < -0.39 is 11.9 Å². The molecule has 1 amide bonds. The molecule has 0 aliphatic heterocycles. The lowest BCUT2D eigenvalue weighted by Crippen LogP contribution is -2.18. The second-order valence-corrected chi connectivity index (χ2v) is 5.38. The number of nitrogens with one attached hydrogen (secondary N) is 2. The van der Waals surface area contributed by atoms with Gasteiger partial charge in [0.2, 0.25) is 0 Å². The Kier molecular flexibility index (Phi) is 6.34. The molecule has 0 radical (unpaired) electrons. The number of phenols is 1. The first-order valence-electron chi connectivity index (χ1n) is 7.76. The van der Waals surface area contributed by atoms with Crippen LogP contribution in [0, 0.1) is 11.3 Å². The van der Waals surface area contributed by atoms with Crippen LogP contribution < -0.4 is 10.6 Å². The summed E-state index contributed by atoms with van der Waals surface area (Å²) in [5, 5.41) is 32.7. The first-order valence-corrected chi connectivity index (χ1v) is 7.76. The van der Waals surface area contributed by atoms with Gasteiger partial charge in [-0.05, 0) is 42.3 Å². The third kappa shape index (κ3) is 5.39. The Bertz CT molecular complexity index is 867. The Hall–Kier alpha value is -3.79. The zero-order valence-corrected chi connectivity index (χ0v) is 13.8. The fourth-order valence-electron chi connectivity index (χ4n) is 2.13. The van der Waals surface area contributed by atoms with E-state index in [1.165, 1.54) is 30.5 Å². The first-order chi connectivity index (χ1) is 12.5. The van der Waals surface area contributed by atoms with Crippen molar-refractivity contribution in [3.8, 4) is 11.8 Å². The molecule has 7 nitrogen and oxygen atoms in total.